The number of hydrogen-bond donors (Lipinski definition) is 0. The Hall–Kier alpha value is -0.840. The molecule has 0 aliphatic carbocycles. The molecule has 1 rings (SSSR count). The van der Waals surface area contributed by atoms with E-state index in [2.05, 4.69) is 29.2 Å². The van der Waals surface area contributed by atoms with Crippen molar-refractivity contribution in [1.82, 2.24) is 0 Å². The van der Waals surface area contributed by atoms with Crippen LogP contribution in [0.25, 0.3) is 0 Å². The molecule has 1 aromatic rings. The molecule has 0 aromatic heterocycles. The van der Waals surface area contributed by atoms with Crippen molar-refractivity contribution >= 4 is 28.6 Å². The number of ether oxygens (including phenoxy) is 1. The van der Waals surface area contributed by atoms with Crippen LogP contribution in [0, 0.1) is 3.57 Å². The van der Waals surface area contributed by atoms with Gasteiger partial charge in [-0.1, -0.05) is 24.8 Å². The zero-order valence-corrected chi connectivity index (χ0v) is 9.86. The molecule has 0 saturated carbocycles. The van der Waals surface area contributed by atoms with E-state index >= 15 is 0 Å². The average Bonchev–Trinajstić information content (AvgIpc) is 2.18. The molecule has 74 valence electrons. The summed E-state index contributed by atoms with van der Waals surface area (Å²) in [5, 5.41) is 0. The maximum Gasteiger partial charge on any atom is 0.310 e. The largest absolute Gasteiger partial charge is 0.461 e. The summed E-state index contributed by atoms with van der Waals surface area (Å²) in [4.78, 5) is 11.2. The van der Waals surface area contributed by atoms with E-state index < -0.39 is 0 Å². The lowest BCUT2D eigenvalue weighted by molar-refractivity contribution is -0.141. The zero-order valence-electron chi connectivity index (χ0n) is 7.70. The molecular formula is C11H11IO2. The summed E-state index contributed by atoms with van der Waals surface area (Å²) in [6.45, 7) is 3.75. The summed E-state index contributed by atoms with van der Waals surface area (Å²) < 4.78 is 6.02. The molecule has 14 heavy (non-hydrogen) atoms. The normalized spacial score (nSPS) is 9.50. The summed E-state index contributed by atoms with van der Waals surface area (Å²) in [5.41, 5.74) is 0.972. The average molecular weight is 302 g/mol. The van der Waals surface area contributed by atoms with E-state index in [4.69, 9.17) is 4.74 Å². The Morgan fingerprint density at radius 3 is 2.64 bits per heavy atom. The van der Waals surface area contributed by atoms with Crippen LogP contribution < -0.4 is 0 Å². The fraction of sp³-hybridized carbons (Fsp3) is 0.182. The Balaban J connectivity index is 2.47. The Kier molecular flexibility index (Phi) is 4.65. The molecule has 0 aliphatic heterocycles. The molecule has 0 unspecified atom stereocenters. The van der Waals surface area contributed by atoms with Crippen LogP contribution in [-0.2, 0) is 16.0 Å². The van der Waals surface area contributed by atoms with Gasteiger partial charge in [0.05, 0.1) is 6.42 Å². The minimum atomic E-state index is -0.217. The summed E-state index contributed by atoms with van der Waals surface area (Å²) >= 11 is 2.22. The molecule has 0 radical (unpaired) electrons. The number of hydrogen-bond acceptors (Lipinski definition) is 2. The monoisotopic (exact) mass is 302 g/mol. The van der Waals surface area contributed by atoms with Crippen molar-refractivity contribution in [2.75, 3.05) is 6.61 Å². The van der Waals surface area contributed by atoms with Gasteiger partial charge in [-0.25, -0.2) is 0 Å². The van der Waals surface area contributed by atoms with Crippen molar-refractivity contribution in [3.8, 4) is 0 Å². The molecule has 0 spiro atoms. The van der Waals surface area contributed by atoms with Crippen LogP contribution in [0.5, 0.6) is 0 Å². The second-order valence-corrected chi connectivity index (χ2v) is 4.02. The Morgan fingerprint density at radius 2 is 2.07 bits per heavy atom. The fourth-order valence-electron chi connectivity index (χ4n) is 0.972. The van der Waals surface area contributed by atoms with Crippen molar-refractivity contribution in [2.45, 2.75) is 6.42 Å². The first-order chi connectivity index (χ1) is 6.72. The second kappa shape index (κ2) is 5.80. The van der Waals surface area contributed by atoms with Crippen molar-refractivity contribution in [3.63, 3.8) is 0 Å². The third-order valence-corrected chi connectivity index (χ3v) is 2.34. The van der Waals surface area contributed by atoms with Crippen LogP contribution in [0.2, 0.25) is 0 Å². The maximum atomic E-state index is 11.2. The van der Waals surface area contributed by atoms with Gasteiger partial charge in [-0.2, -0.15) is 0 Å². The predicted molar refractivity (Wildman–Crippen MR) is 64.0 cm³/mol. The minimum absolute atomic E-state index is 0.217. The standard InChI is InChI=1S/C11H11IO2/c1-2-7-14-11(13)8-9-3-5-10(12)6-4-9/h2-6H,1,7-8H2. The number of rotatable bonds is 4. The molecule has 2 nitrogen and oxygen atoms in total. The third-order valence-electron chi connectivity index (χ3n) is 1.62. The highest BCUT2D eigenvalue weighted by Gasteiger charge is 2.02. The highest BCUT2D eigenvalue weighted by atomic mass is 127. The van der Waals surface area contributed by atoms with Gasteiger partial charge in [0.25, 0.3) is 0 Å². The van der Waals surface area contributed by atoms with E-state index in [1.54, 1.807) is 6.08 Å². The molecule has 1 aromatic carbocycles. The number of carbonyl (C=O) groups excluding carboxylic acids is 1. The van der Waals surface area contributed by atoms with Crippen molar-refractivity contribution in [2.24, 2.45) is 0 Å². The van der Waals surface area contributed by atoms with E-state index in [0.29, 0.717) is 6.42 Å². The number of carbonyl (C=O) groups is 1. The molecule has 0 bridgehead atoms. The van der Waals surface area contributed by atoms with E-state index in [1.807, 2.05) is 24.3 Å². The fourth-order valence-corrected chi connectivity index (χ4v) is 1.33. The molecule has 0 heterocycles. The van der Waals surface area contributed by atoms with Gasteiger partial charge in [0.1, 0.15) is 6.61 Å². The Labute approximate surface area is 97.1 Å². The molecule has 0 atom stereocenters. The van der Waals surface area contributed by atoms with Gasteiger partial charge in [-0.15, -0.1) is 0 Å². The number of benzene rings is 1. The molecule has 0 fully saturated rings. The molecule has 3 heteroatoms. The maximum absolute atomic E-state index is 11.2. The zero-order chi connectivity index (χ0) is 10.4. The van der Waals surface area contributed by atoms with E-state index in [0.717, 1.165) is 9.13 Å². The smallest absolute Gasteiger partial charge is 0.310 e. The topological polar surface area (TPSA) is 26.3 Å². The summed E-state index contributed by atoms with van der Waals surface area (Å²) in [5.74, 6) is -0.217. The van der Waals surface area contributed by atoms with E-state index in [-0.39, 0.29) is 12.6 Å². The lowest BCUT2D eigenvalue weighted by Crippen LogP contribution is -2.07. The van der Waals surface area contributed by atoms with Gasteiger partial charge in [0.15, 0.2) is 0 Å². The Morgan fingerprint density at radius 1 is 1.43 bits per heavy atom. The van der Waals surface area contributed by atoms with E-state index in [9.17, 15) is 4.79 Å². The first kappa shape index (κ1) is 11.2. The van der Waals surface area contributed by atoms with E-state index in [1.165, 1.54) is 0 Å². The van der Waals surface area contributed by atoms with Gasteiger partial charge < -0.3 is 4.74 Å². The first-order valence-corrected chi connectivity index (χ1v) is 5.31. The quantitative estimate of drug-likeness (QED) is 0.485. The van der Waals surface area contributed by atoms with Crippen molar-refractivity contribution in [3.05, 3.63) is 46.1 Å². The third kappa shape index (κ3) is 3.91. The SMILES string of the molecule is C=CCOC(=O)Cc1ccc(I)cc1. The first-order valence-electron chi connectivity index (χ1n) is 4.23. The molecule has 0 saturated heterocycles. The number of halogens is 1. The van der Waals surface area contributed by atoms with Crippen LogP contribution in [0.3, 0.4) is 0 Å². The van der Waals surface area contributed by atoms with Gasteiger partial charge in [-0.3, -0.25) is 4.79 Å². The Bertz CT molecular complexity index is 317. The van der Waals surface area contributed by atoms with Gasteiger partial charge in [0, 0.05) is 3.57 Å². The van der Waals surface area contributed by atoms with Gasteiger partial charge in [-0.05, 0) is 40.3 Å². The molecule has 0 amide bonds. The van der Waals surface area contributed by atoms with Crippen LogP contribution >= 0.6 is 22.6 Å². The lowest BCUT2D eigenvalue weighted by atomic mass is 10.2. The van der Waals surface area contributed by atoms with Crippen LogP contribution in [0.4, 0.5) is 0 Å². The van der Waals surface area contributed by atoms with Crippen molar-refractivity contribution < 1.29 is 9.53 Å². The minimum Gasteiger partial charge on any atom is -0.461 e. The predicted octanol–water partition coefficient (Wildman–Crippen LogP) is 2.56. The molecular weight excluding hydrogens is 291 g/mol. The summed E-state index contributed by atoms with van der Waals surface area (Å²) in [6.07, 6.45) is 1.89. The summed E-state index contributed by atoms with van der Waals surface area (Å²) in [6, 6.07) is 7.79. The van der Waals surface area contributed by atoms with Crippen molar-refractivity contribution in [1.29, 1.82) is 0 Å². The second-order valence-electron chi connectivity index (χ2n) is 2.77. The number of esters is 1. The molecule has 0 aliphatic rings. The van der Waals surface area contributed by atoms with Crippen LogP contribution in [0.15, 0.2) is 36.9 Å². The molecule has 0 N–H and O–H groups in total. The lowest BCUT2D eigenvalue weighted by Gasteiger charge is -2.01. The van der Waals surface area contributed by atoms with Crippen LogP contribution in [-0.4, -0.2) is 12.6 Å². The highest BCUT2D eigenvalue weighted by Crippen LogP contribution is 2.07. The van der Waals surface area contributed by atoms with Gasteiger partial charge in [0.2, 0.25) is 0 Å². The summed E-state index contributed by atoms with van der Waals surface area (Å²) in [7, 11) is 0. The highest BCUT2D eigenvalue weighted by molar-refractivity contribution is 14.1. The van der Waals surface area contributed by atoms with Gasteiger partial charge >= 0.3 is 5.97 Å². The van der Waals surface area contributed by atoms with Crippen LogP contribution in [0.1, 0.15) is 5.56 Å².